The fraction of sp³-hybridized carbons (Fsp3) is 0. The molecular formula is C19H13ClN2O3. The third kappa shape index (κ3) is 2.45. The second kappa shape index (κ2) is 5.72. The van der Waals surface area contributed by atoms with Crippen LogP contribution in [0.25, 0.3) is 27.8 Å². The molecule has 0 spiro atoms. The molecule has 4 rings (SSSR count). The maximum atomic E-state index is 12.4. The van der Waals surface area contributed by atoms with E-state index in [1.54, 1.807) is 48.5 Å². The highest BCUT2D eigenvalue weighted by Gasteiger charge is 2.17. The number of nitrogens with one attached hydrogen (secondary N) is 1. The number of benzene rings is 3. The summed E-state index contributed by atoms with van der Waals surface area (Å²) in [6.07, 6.45) is 0. The minimum Gasteiger partial charge on any atom is -0.507 e. The average molecular weight is 353 g/mol. The molecule has 5 nitrogen and oxygen atoms in total. The molecule has 0 bridgehead atoms. The first-order valence-electron chi connectivity index (χ1n) is 7.57. The maximum absolute atomic E-state index is 12.4. The van der Waals surface area contributed by atoms with Crippen LogP contribution in [-0.2, 0) is 0 Å². The van der Waals surface area contributed by atoms with E-state index in [0.29, 0.717) is 27.2 Å². The second-order valence-electron chi connectivity index (χ2n) is 5.62. The van der Waals surface area contributed by atoms with Gasteiger partial charge < -0.3 is 15.2 Å². The summed E-state index contributed by atoms with van der Waals surface area (Å²) in [6, 6.07) is 17.0. The summed E-state index contributed by atoms with van der Waals surface area (Å²) in [6.45, 7) is 0. The summed E-state index contributed by atoms with van der Waals surface area (Å²) in [5.41, 5.74) is 2.19. The number of fused-ring (bicyclic) bond motifs is 1. The largest absolute Gasteiger partial charge is 0.507 e. The summed E-state index contributed by atoms with van der Waals surface area (Å²) in [7, 11) is 0. The zero-order chi connectivity index (χ0) is 17.6. The molecule has 25 heavy (non-hydrogen) atoms. The zero-order valence-electron chi connectivity index (χ0n) is 12.9. The number of halogens is 1. The average Bonchev–Trinajstić information content (AvgIpc) is 2.92. The molecule has 3 aromatic carbocycles. The molecule has 0 fully saturated rings. The Morgan fingerprint density at radius 3 is 2.40 bits per heavy atom. The predicted octanol–water partition coefficient (Wildman–Crippen LogP) is 4.05. The van der Waals surface area contributed by atoms with Crippen LogP contribution in [0, 0.1) is 0 Å². The molecule has 0 unspecified atom stereocenters. The predicted molar refractivity (Wildman–Crippen MR) is 97.7 cm³/mol. The SMILES string of the molecule is O=c1[nH]c2ccccc2n1-c1cc(-c2ccccc2Cl)c(O)cc1O. The van der Waals surface area contributed by atoms with Crippen molar-refractivity contribution in [3.8, 4) is 28.3 Å². The number of rotatable bonds is 2. The number of phenolic OH excluding ortho intramolecular Hbond substituents is 2. The van der Waals surface area contributed by atoms with Gasteiger partial charge in [-0.3, -0.25) is 4.57 Å². The molecule has 0 saturated heterocycles. The van der Waals surface area contributed by atoms with Gasteiger partial charge in [-0.1, -0.05) is 41.9 Å². The van der Waals surface area contributed by atoms with Crippen LogP contribution in [0.15, 0.2) is 65.5 Å². The number of para-hydroxylation sites is 2. The van der Waals surface area contributed by atoms with Gasteiger partial charge in [0, 0.05) is 22.2 Å². The van der Waals surface area contributed by atoms with Crippen molar-refractivity contribution >= 4 is 22.6 Å². The smallest absolute Gasteiger partial charge is 0.331 e. The van der Waals surface area contributed by atoms with E-state index in [1.807, 2.05) is 6.07 Å². The van der Waals surface area contributed by atoms with Crippen LogP contribution in [0.1, 0.15) is 0 Å². The number of aromatic nitrogens is 2. The summed E-state index contributed by atoms with van der Waals surface area (Å²) >= 11 is 6.23. The van der Waals surface area contributed by atoms with Gasteiger partial charge in [0.25, 0.3) is 0 Å². The van der Waals surface area contributed by atoms with Crippen molar-refractivity contribution in [2.24, 2.45) is 0 Å². The Morgan fingerprint density at radius 2 is 1.60 bits per heavy atom. The molecule has 0 radical (unpaired) electrons. The molecule has 0 aliphatic rings. The third-order valence-corrected chi connectivity index (χ3v) is 4.42. The molecule has 0 aliphatic heterocycles. The molecule has 3 N–H and O–H groups in total. The van der Waals surface area contributed by atoms with Crippen molar-refractivity contribution in [3.63, 3.8) is 0 Å². The first-order valence-corrected chi connectivity index (χ1v) is 7.95. The fourth-order valence-electron chi connectivity index (χ4n) is 2.93. The minimum absolute atomic E-state index is 0.123. The number of hydrogen-bond donors (Lipinski definition) is 3. The summed E-state index contributed by atoms with van der Waals surface area (Å²) in [5, 5.41) is 21.0. The van der Waals surface area contributed by atoms with Crippen LogP contribution in [0.3, 0.4) is 0 Å². The number of hydrogen-bond acceptors (Lipinski definition) is 3. The highest BCUT2D eigenvalue weighted by atomic mass is 35.5. The van der Waals surface area contributed by atoms with Gasteiger partial charge in [-0.25, -0.2) is 4.79 Å². The van der Waals surface area contributed by atoms with Gasteiger partial charge in [0.05, 0.1) is 16.7 Å². The van der Waals surface area contributed by atoms with E-state index < -0.39 is 0 Å². The van der Waals surface area contributed by atoms with Gasteiger partial charge in [-0.2, -0.15) is 0 Å². The lowest BCUT2D eigenvalue weighted by Gasteiger charge is -2.12. The van der Waals surface area contributed by atoms with Crippen LogP contribution < -0.4 is 5.69 Å². The first kappa shape index (κ1) is 15.4. The van der Waals surface area contributed by atoms with Crippen molar-refractivity contribution in [1.29, 1.82) is 0 Å². The fourth-order valence-corrected chi connectivity index (χ4v) is 3.17. The summed E-state index contributed by atoms with van der Waals surface area (Å²) < 4.78 is 1.37. The Labute approximate surface area is 147 Å². The van der Waals surface area contributed by atoms with Gasteiger partial charge in [0.1, 0.15) is 11.5 Å². The summed E-state index contributed by atoms with van der Waals surface area (Å²) in [4.78, 5) is 15.1. The Morgan fingerprint density at radius 1 is 0.880 bits per heavy atom. The van der Waals surface area contributed by atoms with E-state index in [-0.39, 0.29) is 22.9 Å². The first-order chi connectivity index (χ1) is 12.1. The maximum Gasteiger partial charge on any atom is 0.331 e. The topological polar surface area (TPSA) is 78.2 Å². The molecule has 0 aliphatic carbocycles. The van der Waals surface area contributed by atoms with Gasteiger partial charge in [-0.05, 0) is 24.3 Å². The van der Waals surface area contributed by atoms with Crippen LogP contribution in [0.2, 0.25) is 5.02 Å². The molecule has 124 valence electrons. The van der Waals surface area contributed by atoms with Crippen LogP contribution in [0.5, 0.6) is 11.5 Å². The van der Waals surface area contributed by atoms with Crippen molar-refractivity contribution in [1.82, 2.24) is 9.55 Å². The third-order valence-electron chi connectivity index (χ3n) is 4.09. The number of nitrogens with zero attached hydrogens (tertiary/aromatic N) is 1. The van der Waals surface area contributed by atoms with Crippen LogP contribution in [-0.4, -0.2) is 19.8 Å². The molecule has 4 aromatic rings. The zero-order valence-corrected chi connectivity index (χ0v) is 13.7. The standard InChI is InChI=1S/C19H13ClN2O3/c20-13-6-2-1-5-11(13)12-9-16(18(24)10-17(12)23)22-15-8-4-3-7-14(15)21-19(22)25/h1-10,23-24H,(H,21,25). The van der Waals surface area contributed by atoms with Gasteiger partial charge in [0.2, 0.25) is 0 Å². The van der Waals surface area contributed by atoms with Crippen LogP contribution >= 0.6 is 11.6 Å². The lowest BCUT2D eigenvalue weighted by molar-refractivity contribution is 0.450. The number of imidazole rings is 1. The van der Waals surface area contributed by atoms with Gasteiger partial charge in [-0.15, -0.1) is 0 Å². The van der Waals surface area contributed by atoms with Crippen molar-refractivity contribution in [3.05, 3.63) is 76.2 Å². The number of aromatic hydroxyl groups is 2. The number of phenols is 2. The van der Waals surface area contributed by atoms with E-state index in [1.165, 1.54) is 10.6 Å². The van der Waals surface area contributed by atoms with Crippen molar-refractivity contribution in [2.75, 3.05) is 0 Å². The number of H-pyrrole nitrogens is 1. The lowest BCUT2D eigenvalue weighted by Crippen LogP contribution is -2.14. The second-order valence-corrected chi connectivity index (χ2v) is 6.03. The molecular weight excluding hydrogens is 340 g/mol. The Balaban J connectivity index is 2.03. The highest BCUT2D eigenvalue weighted by Crippen LogP contribution is 2.39. The Kier molecular flexibility index (Phi) is 3.51. The monoisotopic (exact) mass is 352 g/mol. The van der Waals surface area contributed by atoms with Gasteiger partial charge >= 0.3 is 5.69 Å². The lowest BCUT2D eigenvalue weighted by atomic mass is 10.0. The molecule has 0 atom stereocenters. The quantitative estimate of drug-likeness (QED) is 0.509. The molecule has 1 aromatic heterocycles. The van der Waals surface area contributed by atoms with Gasteiger partial charge in [0.15, 0.2) is 0 Å². The normalized spacial score (nSPS) is 11.1. The molecule has 1 heterocycles. The van der Waals surface area contributed by atoms with E-state index in [4.69, 9.17) is 11.6 Å². The minimum atomic E-state index is -0.382. The number of aromatic amines is 1. The van der Waals surface area contributed by atoms with E-state index in [2.05, 4.69) is 4.98 Å². The van der Waals surface area contributed by atoms with Crippen molar-refractivity contribution < 1.29 is 10.2 Å². The molecule has 0 amide bonds. The van der Waals surface area contributed by atoms with E-state index in [9.17, 15) is 15.0 Å². The Hall–Kier alpha value is -3.18. The van der Waals surface area contributed by atoms with Crippen LogP contribution in [0.4, 0.5) is 0 Å². The Bertz CT molecular complexity index is 1160. The highest BCUT2D eigenvalue weighted by molar-refractivity contribution is 6.33. The summed E-state index contributed by atoms with van der Waals surface area (Å²) in [5.74, 6) is -0.331. The van der Waals surface area contributed by atoms with E-state index >= 15 is 0 Å². The molecule has 6 heteroatoms. The van der Waals surface area contributed by atoms with E-state index in [0.717, 1.165) is 0 Å². The van der Waals surface area contributed by atoms with Crippen molar-refractivity contribution in [2.45, 2.75) is 0 Å². The molecule has 0 saturated carbocycles.